The first-order valence-corrected chi connectivity index (χ1v) is 8.44. The molecule has 0 spiro atoms. The lowest BCUT2D eigenvalue weighted by Crippen LogP contribution is -2.35. The summed E-state index contributed by atoms with van der Waals surface area (Å²) < 4.78 is 13.5. The summed E-state index contributed by atoms with van der Waals surface area (Å²) in [6.45, 7) is 2.17. The fourth-order valence-electron chi connectivity index (χ4n) is 2.95. The van der Waals surface area contributed by atoms with E-state index in [1.54, 1.807) is 36.4 Å². The first-order valence-electron chi connectivity index (χ1n) is 8.44. The van der Waals surface area contributed by atoms with Crippen LogP contribution in [-0.2, 0) is 11.2 Å². The third-order valence-corrected chi connectivity index (χ3v) is 4.36. The van der Waals surface area contributed by atoms with Crippen molar-refractivity contribution in [3.8, 4) is 0 Å². The molecule has 5 nitrogen and oxygen atoms in total. The van der Waals surface area contributed by atoms with E-state index in [1.807, 2.05) is 6.92 Å². The zero-order valence-electron chi connectivity index (χ0n) is 14.4. The molecule has 0 aromatic heterocycles. The van der Waals surface area contributed by atoms with Crippen molar-refractivity contribution in [2.75, 3.05) is 13.1 Å². The molecular formula is C20H19FN2O3. The van der Waals surface area contributed by atoms with Crippen LogP contribution in [0.3, 0.4) is 0 Å². The second-order valence-electron chi connectivity index (χ2n) is 6.25. The highest BCUT2D eigenvalue weighted by molar-refractivity contribution is 6.21. The molecule has 6 heteroatoms. The summed E-state index contributed by atoms with van der Waals surface area (Å²) in [4.78, 5) is 37.7. The predicted molar refractivity (Wildman–Crippen MR) is 94.3 cm³/mol. The van der Waals surface area contributed by atoms with E-state index in [2.05, 4.69) is 5.32 Å². The number of hydrogen-bond acceptors (Lipinski definition) is 3. The summed E-state index contributed by atoms with van der Waals surface area (Å²) in [5.74, 6) is -1.32. The smallest absolute Gasteiger partial charge is 0.261 e. The van der Waals surface area contributed by atoms with Gasteiger partial charge in [0.05, 0.1) is 11.1 Å². The Labute approximate surface area is 150 Å². The molecule has 1 aliphatic heterocycles. The Balaban J connectivity index is 1.50. The Morgan fingerprint density at radius 3 is 2.58 bits per heavy atom. The molecule has 2 aromatic carbocycles. The number of nitrogens with one attached hydrogen (secondary N) is 1. The lowest BCUT2D eigenvalue weighted by Gasteiger charge is -2.13. The van der Waals surface area contributed by atoms with E-state index in [0.29, 0.717) is 29.7 Å². The fourth-order valence-corrected chi connectivity index (χ4v) is 2.95. The van der Waals surface area contributed by atoms with E-state index in [1.165, 1.54) is 6.07 Å². The van der Waals surface area contributed by atoms with Crippen LogP contribution in [0.15, 0.2) is 42.5 Å². The molecule has 1 aliphatic rings. The molecule has 0 bridgehead atoms. The molecule has 1 heterocycles. The average Bonchev–Trinajstić information content (AvgIpc) is 2.85. The van der Waals surface area contributed by atoms with E-state index in [4.69, 9.17) is 0 Å². The molecule has 3 rings (SSSR count). The molecule has 26 heavy (non-hydrogen) atoms. The second kappa shape index (κ2) is 7.47. The van der Waals surface area contributed by atoms with E-state index in [9.17, 15) is 18.8 Å². The maximum absolute atomic E-state index is 13.5. The third kappa shape index (κ3) is 3.64. The van der Waals surface area contributed by atoms with E-state index in [-0.39, 0.29) is 36.5 Å². The molecule has 1 N–H and O–H groups in total. The number of carbonyl (C=O) groups is 3. The van der Waals surface area contributed by atoms with Gasteiger partial charge in [0.25, 0.3) is 11.8 Å². The number of benzene rings is 2. The van der Waals surface area contributed by atoms with Gasteiger partial charge in [-0.25, -0.2) is 4.39 Å². The van der Waals surface area contributed by atoms with Crippen molar-refractivity contribution >= 4 is 17.7 Å². The number of carbonyl (C=O) groups excluding carboxylic acids is 3. The Morgan fingerprint density at radius 1 is 1.08 bits per heavy atom. The minimum atomic E-state index is -0.371. The fraction of sp³-hybridized carbons (Fsp3) is 0.250. The van der Waals surface area contributed by atoms with Crippen molar-refractivity contribution in [1.82, 2.24) is 10.2 Å². The van der Waals surface area contributed by atoms with Gasteiger partial charge in [-0.05, 0) is 37.1 Å². The minimum Gasteiger partial charge on any atom is -0.356 e. The molecule has 0 saturated carbocycles. The lowest BCUT2D eigenvalue weighted by molar-refractivity contribution is -0.121. The van der Waals surface area contributed by atoms with Gasteiger partial charge in [0, 0.05) is 19.5 Å². The van der Waals surface area contributed by atoms with Crippen molar-refractivity contribution in [1.29, 1.82) is 0 Å². The first-order chi connectivity index (χ1) is 12.5. The quantitative estimate of drug-likeness (QED) is 0.811. The van der Waals surface area contributed by atoms with Crippen LogP contribution in [0.4, 0.5) is 4.39 Å². The van der Waals surface area contributed by atoms with Gasteiger partial charge in [0.2, 0.25) is 5.91 Å². The van der Waals surface area contributed by atoms with Gasteiger partial charge in [-0.15, -0.1) is 0 Å². The molecule has 0 radical (unpaired) electrons. The van der Waals surface area contributed by atoms with Gasteiger partial charge in [-0.3, -0.25) is 19.3 Å². The number of rotatable bonds is 6. The normalized spacial score (nSPS) is 13.1. The summed E-state index contributed by atoms with van der Waals surface area (Å²) in [6.07, 6.45) is 0.395. The Bertz CT molecular complexity index is 879. The van der Waals surface area contributed by atoms with Gasteiger partial charge < -0.3 is 5.32 Å². The zero-order chi connectivity index (χ0) is 18.7. The average molecular weight is 354 g/mol. The third-order valence-electron chi connectivity index (χ3n) is 4.36. The highest BCUT2D eigenvalue weighted by atomic mass is 19.1. The van der Waals surface area contributed by atoms with Gasteiger partial charge >= 0.3 is 0 Å². The second-order valence-corrected chi connectivity index (χ2v) is 6.25. The minimum absolute atomic E-state index is 0.0156. The van der Waals surface area contributed by atoms with Crippen molar-refractivity contribution in [2.45, 2.75) is 19.8 Å². The van der Waals surface area contributed by atoms with Crippen molar-refractivity contribution in [3.63, 3.8) is 0 Å². The number of hydrogen-bond donors (Lipinski definition) is 1. The van der Waals surface area contributed by atoms with Gasteiger partial charge in [-0.2, -0.15) is 0 Å². The maximum Gasteiger partial charge on any atom is 0.261 e. The molecule has 134 valence electrons. The van der Waals surface area contributed by atoms with Crippen LogP contribution in [0.1, 0.15) is 38.3 Å². The van der Waals surface area contributed by atoms with E-state index >= 15 is 0 Å². The molecule has 0 saturated heterocycles. The Morgan fingerprint density at radius 2 is 1.81 bits per heavy atom. The summed E-state index contributed by atoms with van der Waals surface area (Å²) in [5, 5.41) is 2.69. The number of nitrogens with zero attached hydrogens (tertiary/aromatic N) is 1. The van der Waals surface area contributed by atoms with E-state index in [0.717, 1.165) is 10.5 Å². The molecule has 0 aliphatic carbocycles. The van der Waals surface area contributed by atoms with Crippen LogP contribution in [0.5, 0.6) is 0 Å². The van der Waals surface area contributed by atoms with Crippen LogP contribution in [0, 0.1) is 12.7 Å². The van der Waals surface area contributed by atoms with Gasteiger partial charge in [0.15, 0.2) is 0 Å². The highest BCUT2D eigenvalue weighted by Gasteiger charge is 2.35. The Hall–Kier alpha value is -3.02. The predicted octanol–water partition coefficient (Wildman–Crippen LogP) is 2.48. The van der Waals surface area contributed by atoms with Crippen molar-refractivity contribution in [3.05, 3.63) is 70.5 Å². The highest BCUT2D eigenvalue weighted by Crippen LogP contribution is 2.23. The SMILES string of the molecule is Cc1ccc2c(c1)C(=O)N(CCC(=O)NCCc1ccccc1F)C2=O. The zero-order valence-corrected chi connectivity index (χ0v) is 14.4. The lowest BCUT2D eigenvalue weighted by atomic mass is 10.1. The molecule has 0 atom stereocenters. The van der Waals surface area contributed by atoms with Crippen molar-refractivity contribution < 1.29 is 18.8 Å². The summed E-state index contributed by atoms with van der Waals surface area (Å²) in [6, 6.07) is 11.5. The largest absolute Gasteiger partial charge is 0.356 e. The molecular weight excluding hydrogens is 335 g/mol. The number of fused-ring (bicyclic) bond motifs is 1. The number of aryl methyl sites for hydroxylation is 1. The van der Waals surface area contributed by atoms with Crippen LogP contribution in [0.2, 0.25) is 0 Å². The number of imide groups is 1. The molecule has 2 aromatic rings. The van der Waals surface area contributed by atoms with Crippen LogP contribution in [-0.4, -0.2) is 35.7 Å². The summed E-state index contributed by atoms with van der Waals surface area (Å²) in [5.41, 5.74) is 2.19. The summed E-state index contributed by atoms with van der Waals surface area (Å²) in [7, 11) is 0. The monoisotopic (exact) mass is 354 g/mol. The van der Waals surface area contributed by atoms with Gasteiger partial charge in [0.1, 0.15) is 5.82 Å². The first kappa shape index (κ1) is 17.8. The van der Waals surface area contributed by atoms with Crippen molar-refractivity contribution in [2.24, 2.45) is 0 Å². The maximum atomic E-state index is 13.5. The molecule has 3 amide bonds. The van der Waals surface area contributed by atoms with Crippen LogP contribution >= 0.6 is 0 Å². The van der Waals surface area contributed by atoms with Gasteiger partial charge in [-0.1, -0.05) is 29.8 Å². The number of halogens is 1. The standard InChI is InChI=1S/C20H19FN2O3/c1-13-6-7-15-16(12-13)20(26)23(19(15)25)11-9-18(24)22-10-8-14-4-2-3-5-17(14)21/h2-7,12H,8-11H2,1H3,(H,22,24). The van der Waals surface area contributed by atoms with E-state index < -0.39 is 0 Å². The Kier molecular flexibility index (Phi) is 5.11. The summed E-state index contributed by atoms with van der Waals surface area (Å²) >= 11 is 0. The number of amides is 3. The molecule has 0 unspecified atom stereocenters. The van der Waals surface area contributed by atoms with Crippen LogP contribution < -0.4 is 5.32 Å². The molecule has 0 fully saturated rings. The topological polar surface area (TPSA) is 66.5 Å². The van der Waals surface area contributed by atoms with Crippen LogP contribution in [0.25, 0.3) is 0 Å².